The van der Waals surface area contributed by atoms with Crippen molar-refractivity contribution in [2.75, 3.05) is 0 Å². The lowest BCUT2D eigenvalue weighted by Gasteiger charge is -2.32. The molecule has 8 aromatic carbocycles. The molecule has 4 nitrogen and oxygen atoms in total. The van der Waals surface area contributed by atoms with E-state index in [2.05, 4.69) is 220 Å². The lowest BCUT2D eigenvalue weighted by Crippen LogP contribution is -2.25. The molecule has 0 aliphatic carbocycles. The molecule has 10 aromatic rings. The molecule has 68 heavy (non-hydrogen) atoms. The summed E-state index contributed by atoms with van der Waals surface area (Å²) in [6.45, 7) is 4.46. The first-order valence-electron chi connectivity index (χ1n) is 23.2. The number of allylic oxidation sites excluding steroid dienone is 4. The predicted molar refractivity (Wildman–Crippen MR) is 282 cm³/mol. The van der Waals surface area contributed by atoms with Crippen molar-refractivity contribution in [3.63, 3.8) is 0 Å². The summed E-state index contributed by atoms with van der Waals surface area (Å²) in [6, 6.07) is 82.8. The average molecular weight is 875 g/mol. The van der Waals surface area contributed by atoms with Gasteiger partial charge in [0.1, 0.15) is 0 Å². The normalized spacial score (nSPS) is 12.5. The molecule has 0 aliphatic rings. The van der Waals surface area contributed by atoms with Gasteiger partial charge in [0.25, 0.3) is 0 Å². The van der Waals surface area contributed by atoms with Crippen LogP contribution in [0.1, 0.15) is 41.8 Å². The van der Waals surface area contributed by atoms with E-state index >= 15 is 0 Å². The van der Waals surface area contributed by atoms with Crippen LogP contribution in [-0.2, 0) is 11.8 Å². The van der Waals surface area contributed by atoms with Crippen LogP contribution in [-0.4, -0.2) is 19.9 Å². The first kappa shape index (κ1) is 43.3. The molecular weight excluding hydrogens is 825 g/mol. The Morgan fingerprint density at radius 3 is 1.37 bits per heavy atom. The topological polar surface area (TPSA) is 51.6 Å². The Labute approximate surface area is 399 Å². The van der Waals surface area contributed by atoms with Gasteiger partial charge in [-0.05, 0) is 71.0 Å². The van der Waals surface area contributed by atoms with E-state index in [0.29, 0.717) is 18.1 Å². The highest BCUT2D eigenvalue weighted by Crippen LogP contribution is 2.41. The molecule has 326 valence electrons. The summed E-state index contributed by atoms with van der Waals surface area (Å²) in [5, 5.41) is 0. The second-order valence-electron chi connectivity index (χ2n) is 17.2. The van der Waals surface area contributed by atoms with Gasteiger partial charge in [0.15, 0.2) is 11.6 Å². The molecule has 0 bridgehead atoms. The van der Waals surface area contributed by atoms with Crippen LogP contribution in [0.5, 0.6) is 0 Å². The third kappa shape index (κ3) is 9.53. The predicted octanol–water partition coefficient (Wildman–Crippen LogP) is 15.8. The van der Waals surface area contributed by atoms with E-state index in [-0.39, 0.29) is 0 Å². The number of hydrogen-bond donors (Lipinski definition) is 0. The van der Waals surface area contributed by atoms with E-state index in [1.54, 1.807) is 0 Å². The van der Waals surface area contributed by atoms with Gasteiger partial charge in [0, 0.05) is 45.3 Å². The van der Waals surface area contributed by atoms with Gasteiger partial charge in [0.2, 0.25) is 0 Å². The lowest BCUT2D eigenvalue weighted by molar-refractivity contribution is 0.693. The van der Waals surface area contributed by atoms with E-state index in [4.69, 9.17) is 19.9 Å². The number of rotatable bonds is 13. The molecule has 1 atom stereocenters. The molecule has 0 amide bonds. The van der Waals surface area contributed by atoms with E-state index in [9.17, 15) is 0 Å². The Hall–Kier alpha value is -8.60. The van der Waals surface area contributed by atoms with Gasteiger partial charge in [0.05, 0.1) is 17.1 Å². The molecule has 0 spiro atoms. The highest BCUT2D eigenvalue weighted by atomic mass is 14.9. The first-order chi connectivity index (χ1) is 33.5. The Balaban J connectivity index is 0.985. The fraction of sp³-hybridized carbons (Fsp3) is 0.0625. The van der Waals surface area contributed by atoms with Crippen LogP contribution >= 0.6 is 0 Å². The minimum absolute atomic E-state index is 0.468. The van der Waals surface area contributed by atoms with Crippen LogP contribution in [0.2, 0.25) is 0 Å². The van der Waals surface area contributed by atoms with Crippen molar-refractivity contribution in [1.82, 2.24) is 19.9 Å². The van der Waals surface area contributed by atoms with Crippen LogP contribution in [0.3, 0.4) is 0 Å². The van der Waals surface area contributed by atoms with Crippen LogP contribution in [0.25, 0.3) is 73.2 Å². The molecule has 0 aliphatic heterocycles. The van der Waals surface area contributed by atoms with Gasteiger partial charge in [-0.2, -0.15) is 0 Å². The smallest absolute Gasteiger partial charge is 0.160 e. The van der Waals surface area contributed by atoms with Gasteiger partial charge in [-0.1, -0.05) is 237 Å². The van der Waals surface area contributed by atoms with Crippen LogP contribution < -0.4 is 0 Å². The Kier molecular flexibility index (Phi) is 12.7. The van der Waals surface area contributed by atoms with Crippen molar-refractivity contribution < 1.29 is 0 Å². The van der Waals surface area contributed by atoms with E-state index < -0.39 is 5.41 Å². The number of benzene rings is 8. The van der Waals surface area contributed by atoms with E-state index in [1.807, 2.05) is 48.5 Å². The zero-order chi connectivity index (χ0) is 46.1. The first-order valence-corrected chi connectivity index (χ1v) is 23.2. The molecule has 1 unspecified atom stereocenters. The molecule has 0 saturated heterocycles. The highest BCUT2D eigenvalue weighted by Gasteiger charge is 2.31. The molecule has 10 rings (SSSR count). The van der Waals surface area contributed by atoms with Crippen molar-refractivity contribution in [1.29, 1.82) is 0 Å². The van der Waals surface area contributed by atoms with Crippen LogP contribution in [0, 0.1) is 0 Å². The van der Waals surface area contributed by atoms with Crippen molar-refractivity contribution in [3.05, 3.63) is 283 Å². The Bertz CT molecular complexity index is 3330. The third-order valence-corrected chi connectivity index (χ3v) is 12.7. The largest absolute Gasteiger partial charge is 0.233 e. The van der Waals surface area contributed by atoms with Crippen LogP contribution in [0.15, 0.2) is 255 Å². The lowest BCUT2D eigenvalue weighted by atomic mass is 9.71. The van der Waals surface area contributed by atoms with E-state index in [1.165, 1.54) is 33.4 Å². The zero-order valence-corrected chi connectivity index (χ0v) is 38.2. The molecule has 0 N–H and O–H groups in total. The van der Waals surface area contributed by atoms with Gasteiger partial charge >= 0.3 is 0 Å². The number of aromatic nitrogens is 4. The third-order valence-electron chi connectivity index (χ3n) is 12.7. The standard InChI is InChI=1S/C64H50N4/c1-46(47-22-8-3-9-23-47)21-18-19-34-58-44-59(66-62(65-58)51-26-12-5-13-27-51)49-35-39-56(40-36-49)64(2,55-32-16-7-17-33-55)57-41-37-50(38-42-57)60-45-61(68-63(67-60)52-28-14-6-15-29-52)54-31-20-30-53(43-54)48-24-10-4-11-25-48/h3-33,35-45H,34H2,1-2H3/b19-18-,46-21+. The maximum absolute atomic E-state index is 5.17. The van der Waals surface area contributed by atoms with Crippen molar-refractivity contribution in [2.24, 2.45) is 0 Å². The van der Waals surface area contributed by atoms with E-state index in [0.717, 1.165) is 56.2 Å². The quantitative estimate of drug-likeness (QED) is 0.0855. The van der Waals surface area contributed by atoms with Crippen molar-refractivity contribution in [2.45, 2.75) is 25.7 Å². The maximum Gasteiger partial charge on any atom is 0.160 e. The van der Waals surface area contributed by atoms with Gasteiger partial charge < -0.3 is 0 Å². The summed E-state index contributed by atoms with van der Waals surface area (Å²) in [4.78, 5) is 20.5. The molecule has 0 saturated carbocycles. The molecule has 4 heteroatoms. The number of nitrogens with zero attached hydrogens (tertiary/aromatic N) is 4. The summed E-state index contributed by atoms with van der Waals surface area (Å²) < 4.78 is 0. The van der Waals surface area contributed by atoms with Gasteiger partial charge in [-0.15, -0.1) is 0 Å². The number of hydrogen-bond acceptors (Lipinski definition) is 4. The summed E-state index contributed by atoms with van der Waals surface area (Å²) in [5.41, 5.74) is 16.5. The second-order valence-corrected chi connectivity index (χ2v) is 17.2. The summed E-state index contributed by atoms with van der Waals surface area (Å²) >= 11 is 0. The Morgan fingerprint density at radius 1 is 0.382 bits per heavy atom. The minimum Gasteiger partial charge on any atom is -0.233 e. The summed E-state index contributed by atoms with van der Waals surface area (Å²) in [6.07, 6.45) is 7.13. The molecule has 2 aromatic heterocycles. The molecule has 0 fully saturated rings. The average Bonchev–Trinajstić information content (AvgIpc) is 3.43. The van der Waals surface area contributed by atoms with Crippen LogP contribution in [0.4, 0.5) is 0 Å². The van der Waals surface area contributed by atoms with Crippen molar-refractivity contribution >= 4 is 5.57 Å². The fourth-order valence-electron chi connectivity index (χ4n) is 8.83. The minimum atomic E-state index is -0.468. The molecule has 2 heterocycles. The van der Waals surface area contributed by atoms with Gasteiger partial charge in [-0.25, -0.2) is 19.9 Å². The zero-order valence-electron chi connectivity index (χ0n) is 38.2. The summed E-state index contributed by atoms with van der Waals surface area (Å²) in [5.74, 6) is 1.41. The van der Waals surface area contributed by atoms with Gasteiger partial charge in [-0.3, -0.25) is 0 Å². The maximum atomic E-state index is 5.17. The fourth-order valence-corrected chi connectivity index (χ4v) is 8.83. The summed E-state index contributed by atoms with van der Waals surface area (Å²) in [7, 11) is 0. The SMILES string of the molecule is C/C(=C\C=C/Cc1cc(-c2ccc(C(C)(c3ccccc3)c3ccc(-c4cc(-c5cccc(-c6ccccc6)c5)nc(-c5ccccc5)n4)cc3)cc2)nc(-c2ccccc2)n1)c1ccccc1. The second kappa shape index (κ2) is 19.9. The highest BCUT2D eigenvalue weighted by molar-refractivity contribution is 5.76. The Morgan fingerprint density at radius 2 is 0.809 bits per heavy atom. The monoisotopic (exact) mass is 874 g/mol. The molecular formula is C64H50N4. The van der Waals surface area contributed by atoms with Crippen molar-refractivity contribution in [3.8, 4) is 67.7 Å². The molecule has 0 radical (unpaired) electrons.